The van der Waals surface area contributed by atoms with E-state index in [9.17, 15) is 44.6 Å². The number of allylic oxidation sites excluding steroid dienone is 5. The molecule has 0 heterocycles. The van der Waals surface area contributed by atoms with Gasteiger partial charge in [0.05, 0.1) is 6.61 Å². The molecule has 0 aliphatic heterocycles. The summed E-state index contributed by atoms with van der Waals surface area (Å²) in [6.45, 7) is 4.76. The van der Waals surface area contributed by atoms with Crippen molar-refractivity contribution in [1.82, 2.24) is 0 Å². The number of phosphoric ester groups is 1. The molecule has 0 radical (unpaired) electrons. The van der Waals surface area contributed by atoms with Crippen molar-refractivity contribution in [2.24, 2.45) is 0 Å². The maximum atomic E-state index is 12.8. The van der Waals surface area contributed by atoms with E-state index in [0.717, 1.165) is 77.0 Å². The third kappa shape index (κ3) is 27.0. The van der Waals surface area contributed by atoms with Crippen molar-refractivity contribution < 1.29 is 63.1 Å². The topological polar surface area (TPSA) is 210 Å². The van der Waals surface area contributed by atoms with E-state index in [2.05, 4.69) is 37.8 Å². The highest BCUT2D eigenvalue weighted by Crippen LogP contribution is 2.47. The van der Waals surface area contributed by atoms with Crippen molar-refractivity contribution in [3.05, 3.63) is 37.0 Å². The SMILES string of the molecule is C=CCCCCCCCCCCCCCCCC(=O)O[C@H](COC(=O)CCCCCCC/C=C/C/C=C/CCCC)COP(=O)(O)OC1C(O)C(O)C(O)[C@H](O)C1O. The third-order valence-corrected chi connectivity index (χ3v) is 11.3. The summed E-state index contributed by atoms with van der Waals surface area (Å²) in [5.74, 6) is -1.12. The molecule has 1 rings (SSSR count). The van der Waals surface area contributed by atoms with Crippen LogP contribution in [0.25, 0.3) is 0 Å². The van der Waals surface area contributed by atoms with Gasteiger partial charge in [-0.05, 0) is 51.4 Å². The molecule has 58 heavy (non-hydrogen) atoms. The molecule has 1 aliphatic rings. The Kier molecular flexibility index (Phi) is 32.4. The first-order valence-electron chi connectivity index (χ1n) is 22.3. The Morgan fingerprint density at radius 1 is 0.586 bits per heavy atom. The number of rotatable bonds is 37. The van der Waals surface area contributed by atoms with Crippen LogP contribution in [0, 0.1) is 0 Å². The van der Waals surface area contributed by atoms with E-state index in [1.54, 1.807) is 0 Å². The van der Waals surface area contributed by atoms with Crippen LogP contribution in [0.5, 0.6) is 0 Å². The quantitative estimate of drug-likeness (QED) is 0.0151. The van der Waals surface area contributed by atoms with E-state index < -0.39 is 75.7 Å². The highest BCUT2D eigenvalue weighted by Gasteiger charge is 2.51. The molecular formula is C44H79O13P. The average molecular weight is 847 g/mol. The van der Waals surface area contributed by atoms with E-state index in [1.807, 2.05) is 6.08 Å². The maximum Gasteiger partial charge on any atom is 0.472 e. The summed E-state index contributed by atoms with van der Waals surface area (Å²) in [4.78, 5) is 35.6. The van der Waals surface area contributed by atoms with Gasteiger partial charge < -0.3 is 39.9 Å². The summed E-state index contributed by atoms with van der Waals surface area (Å²) in [5, 5.41) is 50.1. The van der Waals surface area contributed by atoms with Crippen LogP contribution >= 0.6 is 7.82 Å². The highest BCUT2D eigenvalue weighted by molar-refractivity contribution is 7.47. The fourth-order valence-electron chi connectivity index (χ4n) is 6.70. The van der Waals surface area contributed by atoms with Crippen LogP contribution in [0.2, 0.25) is 0 Å². The molecule has 0 bridgehead atoms. The van der Waals surface area contributed by atoms with Crippen LogP contribution in [0.1, 0.15) is 174 Å². The monoisotopic (exact) mass is 847 g/mol. The van der Waals surface area contributed by atoms with E-state index in [0.29, 0.717) is 12.8 Å². The molecule has 6 unspecified atom stereocenters. The van der Waals surface area contributed by atoms with Crippen LogP contribution in [0.3, 0.4) is 0 Å². The number of ether oxygens (including phenoxy) is 2. The molecule has 0 saturated heterocycles. The summed E-state index contributed by atoms with van der Waals surface area (Å²) in [6.07, 6.45) is 23.8. The van der Waals surface area contributed by atoms with Crippen LogP contribution in [-0.4, -0.2) is 98.3 Å². The second kappa shape index (κ2) is 34.7. The predicted octanol–water partition coefficient (Wildman–Crippen LogP) is 8.22. The molecule has 0 spiro atoms. The lowest BCUT2D eigenvalue weighted by atomic mass is 9.85. The Morgan fingerprint density at radius 3 is 1.52 bits per heavy atom. The highest BCUT2D eigenvalue weighted by atomic mass is 31.2. The smallest absolute Gasteiger partial charge is 0.462 e. The van der Waals surface area contributed by atoms with Gasteiger partial charge in [0.1, 0.15) is 43.2 Å². The minimum Gasteiger partial charge on any atom is -0.462 e. The van der Waals surface area contributed by atoms with Crippen molar-refractivity contribution in [3.63, 3.8) is 0 Å². The number of unbranched alkanes of at least 4 members (excludes halogenated alkanes) is 20. The van der Waals surface area contributed by atoms with Gasteiger partial charge in [-0.15, -0.1) is 6.58 Å². The Hall–Kier alpha value is -1.93. The maximum absolute atomic E-state index is 12.8. The van der Waals surface area contributed by atoms with Gasteiger partial charge in [0.15, 0.2) is 6.10 Å². The van der Waals surface area contributed by atoms with Crippen LogP contribution in [0.15, 0.2) is 37.0 Å². The minimum absolute atomic E-state index is 0.0922. The Labute approximate surface area is 348 Å². The van der Waals surface area contributed by atoms with Gasteiger partial charge in [0.2, 0.25) is 0 Å². The van der Waals surface area contributed by atoms with E-state index in [-0.39, 0.29) is 12.8 Å². The van der Waals surface area contributed by atoms with Crippen molar-refractivity contribution in [2.45, 2.75) is 217 Å². The number of aliphatic hydroxyl groups excluding tert-OH is 5. The van der Waals surface area contributed by atoms with Crippen LogP contribution < -0.4 is 0 Å². The Balaban J connectivity index is 2.48. The molecule has 0 aromatic rings. The van der Waals surface area contributed by atoms with Crippen molar-refractivity contribution in [3.8, 4) is 0 Å². The third-order valence-electron chi connectivity index (χ3n) is 10.4. The molecule has 8 atom stereocenters. The average Bonchev–Trinajstić information content (AvgIpc) is 3.20. The number of hydrogen-bond donors (Lipinski definition) is 6. The second-order valence-electron chi connectivity index (χ2n) is 15.6. The number of carbonyl (C=O) groups excluding carboxylic acids is 2. The predicted molar refractivity (Wildman–Crippen MR) is 226 cm³/mol. The van der Waals surface area contributed by atoms with Gasteiger partial charge in [0.25, 0.3) is 0 Å². The fraction of sp³-hybridized carbons (Fsp3) is 0.818. The molecule has 1 saturated carbocycles. The summed E-state index contributed by atoms with van der Waals surface area (Å²) < 4.78 is 33.5. The lowest BCUT2D eigenvalue weighted by molar-refractivity contribution is -0.220. The van der Waals surface area contributed by atoms with Crippen molar-refractivity contribution >= 4 is 19.8 Å². The van der Waals surface area contributed by atoms with E-state index in [4.69, 9.17) is 18.5 Å². The number of carbonyl (C=O) groups is 2. The largest absolute Gasteiger partial charge is 0.472 e. The first-order valence-corrected chi connectivity index (χ1v) is 23.7. The van der Waals surface area contributed by atoms with Gasteiger partial charge in [-0.3, -0.25) is 18.6 Å². The normalized spacial score (nSPS) is 22.6. The van der Waals surface area contributed by atoms with Gasteiger partial charge in [0, 0.05) is 12.8 Å². The Morgan fingerprint density at radius 2 is 1.02 bits per heavy atom. The number of esters is 2. The zero-order chi connectivity index (χ0) is 42.9. The van der Waals surface area contributed by atoms with E-state index >= 15 is 0 Å². The Bertz CT molecular complexity index is 1150. The zero-order valence-electron chi connectivity index (χ0n) is 35.4. The summed E-state index contributed by atoms with van der Waals surface area (Å²) in [6, 6.07) is 0. The van der Waals surface area contributed by atoms with E-state index in [1.165, 1.54) is 64.2 Å². The summed E-state index contributed by atoms with van der Waals surface area (Å²) >= 11 is 0. The van der Waals surface area contributed by atoms with Gasteiger partial charge >= 0.3 is 19.8 Å². The molecule has 1 aliphatic carbocycles. The minimum atomic E-state index is -5.12. The molecular weight excluding hydrogens is 767 g/mol. The molecule has 1 fully saturated rings. The lowest BCUT2D eigenvalue weighted by Gasteiger charge is -2.41. The first-order chi connectivity index (χ1) is 27.9. The van der Waals surface area contributed by atoms with Crippen LogP contribution in [0.4, 0.5) is 0 Å². The number of phosphoric acid groups is 1. The molecule has 14 heteroatoms. The fourth-order valence-corrected chi connectivity index (χ4v) is 7.67. The van der Waals surface area contributed by atoms with Crippen molar-refractivity contribution in [1.29, 1.82) is 0 Å². The summed E-state index contributed by atoms with van der Waals surface area (Å²) in [5.41, 5.74) is 0. The van der Waals surface area contributed by atoms with Gasteiger partial charge in [-0.2, -0.15) is 0 Å². The number of hydrogen-bond acceptors (Lipinski definition) is 12. The lowest BCUT2D eigenvalue weighted by Crippen LogP contribution is -2.64. The standard InChI is InChI=1S/C44H79O13P/c1-3-5-7-9-11-13-15-17-19-21-23-25-27-29-31-33-38(46)56-36(35-55-58(52,53)57-44-42(50)40(48)39(47)41(49)43(44)51)34-54-37(45)32-30-28-26-24-22-20-18-16-14-12-10-8-6-4-2/h3,10,12,16,18,36,39-44,47-51H,1,4-9,11,13-15,17,19-35H2,2H3,(H,52,53)/b12-10+,18-16+/t36-,39?,40+,41?,42?,43?,44?/m1/s1. The first kappa shape index (κ1) is 54.1. The second-order valence-corrected chi connectivity index (χ2v) is 17.0. The number of aliphatic hydroxyl groups is 5. The zero-order valence-corrected chi connectivity index (χ0v) is 36.3. The van der Waals surface area contributed by atoms with Crippen molar-refractivity contribution in [2.75, 3.05) is 13.2 Å². The molecule has 0 aromatic heterocycles. The molecule has 0 amide bonds. The molecule has 338 valence electrons. The molecule has 6 N–H and O–H groups in total. The molecule has 0 aromatic carbocycles. The van der Waals surface area contributed by atoms with Crippen LogP contribution in [-0.2, 0) is 32.7 Å². The van der Waals surface area contributed by atoms with Gasteiger partial charge in [-0.25, -0.2) is 4.57 Å². The van der Waals surface area contributed by atoms with Gasteiger partial charge in [-0.1, -0.05) is 140 Å². The summed E-state index contributed by atoms with van der Waals surface area (Å²) in [7, 11) is -5.12. The molecule has 13 nitrogen and oxygen atoms in total.